The Labute approximate surface area is 134 Å². The fraction of sp³-hybridized carbons (Fsp3) is 0.312. The van der Waals surface area contributed by atoms with Crippen molar-refractivity contribution < 1.29 is 4.79 Å². The van der Waals surface area contributed by atoms with Crippen LogP contribution in [0.25, 0.3) is 0 Å². The Balaban J connectivity index is 1.87. The van der Waals surface area contributed by atoms with Crippen molar-refractivity contribution in [2.45, 2.75) is 24.8 Å². The van der Waals surface area contributed by atoms with Gasteiger partial charge in [-0.05, 0) is 12.5 Å². The predicted octanol–water partition coefficient (Wildman–Crippen LogP) is 3.00. The number of fused-ring (bicyclic) bond motifs is 1. The first-order chi connectivity index (χ1) is 10.6. The number of carbonyl (C=O) groups is 1. The number of alkyl halides is 1. The first-order valence-corrected chi connectivity index (χ1v) is 7.61. The SMILES string of the molecule is CCN(Cc1ccccc1)C(=O)C1(Cl)CC=Nc2[nH]ncc21. The second-order valence-electron chi connectivity index (χ2n) is 5.25. The van der Waals surface area contributed by atoms with Crippen LogP contribution in [0.2, 0.25) is 0 Å². The molecular formula is C16H17ClN4O. The normalized spacial score (nSPS) is 19.7. The van der Waals surface area contributed by atoms with E-state index in [4.69, 9.17) is 11.6 Å². The maximum Gasteiger partial charge on any atom is 0.249 e. The second kappa shape index (κ2) is 5.93. The molecule has 1 aromatic carbocycles. The highest BCUT2D eigenvalue weighted by atomic mass is 35.5. The molecule has 0 saturated heterocycles. The van der Waals surface area contributed by atoms with E-state index in [2.05, 4.69) is 15.2 Å². The molecule has 1 amide bonds. The number of halogens is 1. The van der Waals surface area contributed by atoms with Gasteiger partial charge in [0, 0.05) is 31.3 Å². The van der Waals surface area contributed by atoms with Crippen molar-refractivity contribution in [2.75, 3.05) is 6.54 Å². The lowest BCUT2D eigenvalue weighted by atomic mass is 9.93. The van der Waals surface area contributed by atoms with Crippen LogP contribution in [0.4, 0.5) is 5.82 Å². The number of nitrogens with zero attached hydrogens (tertiary/aromatic N) is 3. The highest BCUT2D eigenvalue weighted by molar-refractivity contribution is 6.36. The summed E-state index contributed by atoms with van der Waals surface area (Å²) in [5.41, 5.74) is 1.73. The van der Waals surface area contributed by atoms with E-state index in [0.717, 1.165) is 5.56 Å². The molecule has 1 atom stereocenters. The lowest BCUT2D eigenvalue weighted by molar-refractivity contribution is -0.134. The van der Waals surface area contributed by atoms with Crippen LogP contribution >= 0.6 is 11.6 Å². The zero-order valence-corrected chi connectivity index (χ0v) is 13.0. The Bertz CT molecular complexity index is 697. The van der Waals surface area contributed by atoms with E-state index in [-0.39, 0.29) is 5.91 Å². The summed E-state index contributed by atoms with van der Waals surface area (Å²) in [5, 5.41) is 6.73. The number of aromatic amines is 1. The number of carbonyl (C=O) groups excluding carboxylic acids is 1. The molecule has 1 aliphatic rings. The first kappa shape index (κ1) is 14.8. The lowest BCUT2D eigenvalue weighted by Gasteiger charge is -2.32. The Kier molecular flexibility index (Phi) is 3.98. The van der Waals surface area contributed by atoms with Crippen molar-refractivity contribution in [1.29, 1.82) is 0 Å². The zero-order valence-electron chi connectivity index (χ0n) is 12.3. The average Bonchev–Trinajstić information content (AvgIpc) is 3.03. The Morgan fingerprint density at radius 2 is 2.18 bits per heavy atom. The van der Waals surface area contributed by atoms with Crippen molar-refractivity contribution in [1.82, 2.24) is 15.1 Å². The van der Waals surface area contributed by atoms with Crippen LogP contribution in [-0.2, 0) is 16.2 Å². The van der Waals surface area contributed by atoms with E-state index >= 15 is 0 Å². The minimum Gasteiger partial charge on any atom is -0.337 e. The summed E-state index contributed by atoms with van der Waals surface area (Å²) in [6, 6.07) is 9.89. The third-order valence-corrected chi connectivity index (χ3v) is 4.38. The third kappa shape index (κ3) is 2.52. The van der Waals surface area contributed by atoms with Gasteiger partial charge >= 0.3 is 0 Å². The molecule has 5 nitrogen and oxygen atoms in total. The van der Waals surface area contributed by atoms with Gasteiger partial charge in [-0.2, -0.15) is 5.10 Å². The van der Waals surface area contributed by atoms with E-state index in [1.165, 1.54) is 0 Å². The highest BCUT2D eigenvalue weighted by Gasteiger charge is 2.44. The molecule has 0 spiro atoms. The zero-order chi connectivity index (χ0) is 15.6. The van der Waals surface area contributed by atoms with E-state index < -0.39 is 4.87 Å². The Hall–Kier alpha value is -2.14. The molecule has 2 aromatic rings. The van der Waals surface area contributed by atoms with Gasteiger partial charge in [0.1, 0.15) is 0 Å². The highest BCUT2D eigenvalue weighted by Crippen LogP contribution is 2.41. The number of hydrogen-bond donors (Lipinski definition) is 1. The van der Waals surface area contributed by atoms with E-state index in [1.807, 2.05) is 37.3 Å². The monoisotopic (exact) mass is 316 g/mol. The minimum absolute atomic E-state index is 0.116. The molecule has 2 heterocycles. The quantitative estimate of drug-likeness (QED) is 0.881. The third-order valence-electron chi connectivity index (χ3n) is 3.86. The van der Waals surface area contributed by atoms with E-state index in [1.54, 1.807) is 17.3 Å². The van der Waals surface area contributed by atoms with Gasteiger partial charge in [-0.1, -0.05) is 30.3 Å². The number of H-pyrrole nitrogens is 1. The van der Waals surface area contributed by atoms with Gasteiger partial charge in [-0.25, -0.2) is 4.99 Å². The average molecular weight is 317 g/mol. The molecule has 0 fully saturated rings. The maximum absolute atomic E-state index is 13.0. The summed E-state index contributed by atoms with van der Waals surface area (Å²) in [7, 11) is 0. The molecular weight excluding hydrogens is 300 g/mol. The van der Waals surface area contributed by atoms with Crippen LogP contribution in [0, 0.1) is 0 Å². The second-order valence-corrected chi connectivity index (χ2v) is 5.90. The van der Waals surface area contributed by atoms with E-state index in [0.29, 0.717) is 30.9 Å². The van der Waals surface area contributed by atoms with Crippen LogP contribution in [0.5, 0.6) is 0 Å². The van der Waals surface area contributed by atoms with Gasteiger partial charge < -0.3 is 4.90 Å². The van der Waals surface area contributed by atoms with Crippen LogP contribution in [0.3, 0.4) is 0 Å². The summed E-state index contributed by atoms with van der Waals surface area (Å²) in [6.07, 6.45) is 3.63. The molecule has 0 bridgehead atoms. The minimum atomic E-state index is -1.13. The number of nitrogens with one attached hydrogen (secondary N) is 1. The number of benzene rings is 1. The standard InChI is InChI=1S/C16H17ClN4O/c1-2-21(11-12-6-4-3-5-7-12)15(22)16(17)8-9-18-14-13(16)10-19-20-14/h3-7,9-10H,2,8,11H2,1H3,(H,19,20). The predicted molar refractivity (Wildman–Crippen MR) is 86.4 cm³/mol. The van der Waals surface area contributed by atoms with Crippen molar-refractivity contribution in [3.05, 3.63) is 47.7 Å². The summed E-state index contributed by atoms with van der Waals surface area (Å²) in [4.78, 5) is 17.8. The largest absolute Gasteiger partial charge is 0.337 e. The van der Waals surface area contributed by atoms with Crippen molar-refractivity contribution in [3.8, 4) is 0 Å². The number of aliphatic imine (C=N–C) groups is 1. The fourth-order valence-electron chi connectivity index (χ4n) is 2.62. The molecule has 3 rings (SSSR count). The maximum atomic E-state index is 13.0. The molecule has 1 aromatic heterocycles. The van der Waals surface area contributed by atoms with Gasteiger partial charge in [-0.3, -0.25) is 9.89 Å². The summed E-state index contributed by atoms with van der Waals surface area (Å²) < 4.78 is 0. The molecule has 22 heavy (non-hydrogen) atoms. The molecule has 114 valence electrons. The fourth-order valence-corrected chi connectivity index (χ4v) is 2.95. The molecule has 0 radical (unpaired) electrons. The number of amides is 1. The molecule has 1 unspecified atom stereocenters. The molecule has 0 aliphatic carbocycles. The lowest BCUT2D eigenvalue weighted by Crippen LogP contribution is -2.44. The summed E-state index contributed by atoms with van der Waals surface area (Å²) >= 11 is 6.69. The van der Waals surface area contributed by atoms with Crippen LogP contribution in [-0.4, -0.2) is 33.8 Å². The van der Waals surface area contributed by atoms with Gasteiger partial charge in [0.05, 0.1) is 6.20 Å². The molecule has 0 saturated carbocycles. The molecule has 1 N–H and O–H groups in total. The van der Waals surface area contributed by atoms with Crippen molar-refractivity contribution in [3.63, 3.8) is 0 Å². The van der Waals surface area contributed by atoms with E-state index in [9.17, 15) is 4.79 Å². The Morgan fingerprint density at radius 1 is 1.41 bits per heavy atom. The smallest absolute Gasteiger partial charge is 0.249 e. The van der Waals surface area contributed by atoms with Crippen molar-refractivity contribution in [2.24, 2.45) is 4.99 Å². The first-order valence-electron chi connectivity index (χ1n) is 7.23. The van der Waals surface area contributed by atoms with Gasteiger partial charge in [0.15, 0.2) is 10.7 Å². The van der Waals surface area contributed by atoms with Crippen LogP contribution in [0.15, 0.2) is 41.5 Å². The number of aromatic nitrogens is 2. The summed E-state index contributed by atoms with van der Waals surface area (Å²) in [6.45, 7) is 3.08. The van der Waals surface area contributed by atoms with Crippen LogP contribution in [0.1, 0.15) is 24.5 Å². The molecule has 6 heteroatoms. The van der Waals surface area contributed by atoms with Gasteiger partial charge in [-0.15, -0.1) is 11.6 Å². The summed E-state index contributed by atoms with van der Waals surface area (Å²) in [5.74, 6) is 0.444. The Morgan fingerprint density at radius 3 is 2.91 bits per heavy atom. The molecule has 1 aliphatic heterocycles. The van der Waals surface area contributed by atoms with Crippen molar-refractivity contribution >= 4 is 29.5 Å². The van der Waals surface area contributed by atoms with Crippen LogP contribution < -0.4 is 0 Å². The van der Waals surface area contributed by atoms with Gasteiger partial charge in [0.25, 0.3) is 0 Å². The number of rotatable bonds is 4. The topological polar surface area (TPSA) is 61.4 Å². The van der Waals surface area contributed by atoms with Gasteiger partial charge in [0.2, 0.25) is 5.91 Å². The number of hydrogen-bond acceptors (Lipinski definition) is 3. The number of likely N-dealkylation sites (N-methyl/N-ethyl adjacent to an activating group) is 1.